The molecule has 3 heterocycles. The van der Waals surface area contributed by atoms with Gasteiger partial charge >= 0.3 is 0 Å². The van der Waals surface area contributed by atoms with Crippen LogP contribution in [0.15, 0.2) is 11.4 Å². The van der Waals surface area contributed by atoms with E-state index < -0.39 is 11.8 Å². The van der Waals surface area contributed by atoms with Gasteiger partial charge in [-0.2, -0.15) is 0 Å². The molecule has 5 N–H and O–H groups in total. The lowest BCUT2D eigenvalue weighted by molar-refractivity contribution is -0.152. The van der Waals surface area contributed by atoms with Crippen LogP contribution in [-0.4, -0.2) is 73.6 Å². The number of hydrogen-bond donors (Lipinski definition) is 4. The van der Waals surface area contributed by atoms with Crippen molar-refractivity contribution in [3.05, 3.63) is 21.9 Å². The zero-order chi connectivity index (χ0) is 20.1. The van der Waals surface area contributed by atoms with E-state index in [0.29, 0.717) is 38.2 Å². The van der Waals surface area contributed by atoms with Crippen LogP contribution in [0.5, 0.6) is 0 Å². The Kier molecular flexibility index (Phi) is 6.27. The summed E-state index contributed by atoms with van der Waals surface area (Å²) < 4.78 is 11.3. The van der Waals surface area contributed by atoms with Crippen LogP contribution in [0.2, 0.25) is 0 Å². The summed E-state index contributed by atoms with van der Waals surface area (Å²) in [5, 5.41) is 14.4. The van der Waals surface area contributed by atoms with Crippen molar-refractivity contribution in [2.75, 3.05) is 32.8 Å². The SMILES string of the molecule is N=C(N)c1csc(CCNC(=O)C2CC3(CN2C(=O)CNC=O)OCCO3)c1. The summed E-state index contributed by atoms with van der Waals surface area (Å²) in [5.41, 5.74) is 6.12. The van der Waals surface area contributed by atoms with Crippen LogP contribution in [0, 0.1) is 5.41 Å². The number of hydrogen-bond acceptors (Lipinski definition) is 7. The number of ether oxygens (including phenoxy) is 2. The molecule has 1 aromatic rings. The van der Waals surface area contributed by atoms with Gasteiger partial charge in [-0.05, 0) is 12.5 Å². The molecule has 2 fully saturated rings. The van der Waals surface area contributed by atoms with Crippen molar-refractivity contribution in [1.29, 1.82) is 5.41 Å². The van der Waals surface area contributed by atoms with Gasteiger partial charge in [0, 0.05) is 28.8 Å². The number of rotatable bonds is 8. The first-order chi connectivity index (χ1) is 13.4. The van der Waals surface area contributed by atoms with Crippen LogP contribution in [-0.2, 0) is 30.3 Å². The van der Waals surface area contributed by atoms with Crippen LogP contribution in [0.3, 0.4) is 0 Å². The molecule has 2 aliphatic heterocycles. The van der Waals surface area contributed by atoms with Crippen molar-refractivity contribution in [2.45, 2.75) is 24.7 Å². The molecule has 0 saturated carbocycles. The van der Waals surface area contributed by atoms with Gasteiger partial charge < -0.3 is 30.7 Å². The van der Waals surface area contributed by atoms with E-state index in [4.69, 9.17) is 20.6 Å². The molecule has 0 radical (unpaired) electrons. The highest BCUT2D eigenvalue weighted by Crippen LogP contribution is 2.34. The maximum absolute atomic E-state index is 12.7. The molecule has 1 aromatic heterocycles. The molecule has 0 aliphatic carbocycles. The molecule has 3 rings (SSSR count). The fourth-order valence-corrected chi connectivity index (χ4v) is 4.24. The van der Waals surface area contributed by atoms with Gasteiger partial charge in [0.25, 0.3) is 0 Å². The van der Waals surface area contributed by atoms with E-state index in [1.54, 1.807) is 5.38 Å². The van der Waals surface area contributed by atoms with E-state index >= 15 is 0 Å². The van der Waals surface area contributed by atoms with E-state index in [9.17, 15) is 14.4 Å². The van der Waals surface area contributed by atoms with Crippen molar-refractivity contribution < 1.29 is 23.9 Å². The number of likely N-dealkylation sites (tertiary alicyclic amines) is 1. The number of nitrogens with one attached hydrogen (secondary N) is 3. The summed E-state index contributed by atoms with van der Waals surface area (Å²) in [5.74, 6) is -1.60. The molecule has 0 bridgehead atoms. The Balaban J connectivity index is 1.59. The molecule has 11 heteroatoms. The topological polar surface area (TPSA) is 147 Å². The lowest BCUT2D eigenvalue weighted by Crippen LogP contribution is -2.48. The first-order valence-corrected chi connectivity index (χ1v) is 9.76. The standard InChI is InChI=1S/C17H23N5O5S/c18-15(19)11-5-12(28-8-11)1-2-21-16(25)13-6-17(26-3-4-27-17)9-22(13)14(24)7-20-10-23/h5,8,10,13H,1-4,6-7,9H2,(H3,18,19)(H,20,23)(H,21,25). The zero-order valence-corrected chi connectivity index (χ0v) is 16.0. The van der Waals surface area contributed by atoms with Crippen molar-refractivity contribution in [3.8, 4) is 0 Å². The molecule has 10 nitrogen and oxygen atoms in total. The van der Waals surface area contributed by atoms with Crippen LogP contribution < -0.4 is 16.4 Å². The maximum atomic E-state index is 12.7. The third-order valence-electron chi connectivity index (χ3n) is 4.70. The average molecular weight is 409 g/mol. The third-order valence-corrected chi connectivity index (χ3v) is 5.70. The van der Waals surface area contributed by atoms with Gasteiger partial charge in [-0.1, -0.05) is 0 Å². The molecular weight excluding hydrogens is 386 g/mol. The van der Waals surface area contributed by atoms with Crippen molar-refractivity contribution in [1.82, 2.24) is 15.5 Å². The fourth-order valence-electron chi connectivity index (χ4n) is 3.35. The van der Waals surface area contributed by atoms with Gasteiger partial charge in [0.15, 0.2) is 5.79 Å². The van der Waals surface area contributed by atoms with Gasteiger partial charge in [-0.25, -0.2) is 0 Å². The summed E-state index contributed by atoms with van der Waals surface area (Å²) in [6, 6.07) is 1.10. The van der Waals surface area contributed by atoms with E-state index in [0.717, 1.165) is 4.88 Å². The normalized spacial score (nSPS) is 20.3. The van der Waals surface area contributed by atoms with E-state index in [2.05, 4.69) is 10.6 Å². The number of carbonyl (C=O) groups is 3. The quantitative estimate of drug-likeness (QED) is 0.240. The average Bonchev–Trinajstić information content (AvgIpc) is 3.40. The lowest BCUT2D eigenvalue weighted by Gasteiger charge is -2.24. The molecule has 1 spiro atoms. The predicted molar refractivity (Wildman–Crippen MR) is 101 cm³/mol. The number of amides is 3. The minimum atomic E-state index is -0.955. The molecule has 2 aliphatic rings. The lowest BCUT2D eigenvalue weighted by atomic mass is 10.1. The Morgan fingerprint density at radius 3 is 2.82 bits per heavy atom. The number of nitrogen functional groups attached to an aromatic ring is 1. The molecule has 0 aromatic carbocycles. The molecule has 1 atom stereocenters. The number of amidine groups is 1. The van der Waals surface area contributed by atoms with Gasteiger partial charge in [-0.15, -0.1) is 11.3 Å². The Morgan fingerprint density at radius 1 is 1.43 bits per heavy atom. The summed E-state index contributed by atoms with van der Waals surface area (Å²) in [6.45, 7) is 1.18. The number of nitrogens with zero attached hydrogens (tertiary/aromatic N) is 1. The number of thiophene rings is 1. The second kappa shape index (κ2) is 8.67. The molecule has 2 saturated heterocycles. The zero-order valence-electron chi connectivity index (χ0n) is 15.2. The summed E-state index contributed by atoms with van der Waals surface area (Å²) >= 11 is 1.47. The molecule has 152 valence electrons. The van der Waals surface area contributed by atoms with E-state index in [1.165, 1.54) is 16.2 Å². The van der Waals surface area contributed by atoms with Crippen LogP contribution in [0.25, 0.3) is 0 Å². The highest BCUT2D eigenvalue weighted by Gasteiger charge is 2.52. The fraction of sp³-hybridized carbons (Fsp3) is 0.529. The third kappa shape index (κ3) is 4.49. The van der Waals surface area contributed by atoms with E-state index in [-0.39, 0.29) is 37.2 Å². The highest BCUT2D eigenvalue weighted by atomic mass is 32.1. The van der Waals surface area contributed by atoms with Gasteiger partial charge in [0.1, 0.15) is 11.9 Å². The summed E-state index contributed by atoms with van der Waals surface area (Å²) in [6.07, 6.45) is 1.28. The maximum Gasteiger partial charge on any atom is 0.243 e. The number of carbonyl (C=O) groups excluding carboxylic acids is 3. The Bertz CT molecular complexity index is 761. The van der Waals surface area contributed by atoms with Gasteiger partial charge in [-0.3, -0.25) is 19.8 Å². The second-order valence-corrected chi connectivity index (χ2v) is 7.60. The van der Waals surface area contributed by atoms with Gasteiger partial charge in [0.05, 0.1) is 26.3 Å². The monoisotopic (exact) mass is 409 g/mol. The van der Waals surface area contributed by atoms with Crippen LogP contribution in [0.1, 0.15) is 16.9 Å². The van der Waals surface area contributed by atoms with Crippen molar-refractivity contribution in [3.63, 3.8) is 0 Å². The summed E-state index contributed by atoms with van der Waals surface area (Å²) in [4.78, 5) is 38.0. The van der Waals surface area contributed by atoms with Crippen molar-refractivity contribution in [2.24, 2.45) is 5.73 Å². The Morgan fingerprint density at radius 2 is 2.18 bits per heavy atom. The Labute approximate surface area is 165 Å². The van der Waals surface area contributed by atoms with Crippen LogP contribution >= 0.6 is 11.3 Å². The number of nitrogens with two attached hydrogens (primary N) is 1. The second-order valence-electron chi connectivity index (χ2n) is 6.60. The highest BCUT2D eigenvalue weighted by molar-refractivity contribution is 7.10. The molecule has 1 unspecified atom stereocenters. The molecule has 3 amide bonds. The smallest absolute Gasteiger partial charge is 0.243 e. The predicted octanol–water partition coefficient (Wildman–Crippen LogP) is -1.22. The molecular formula is C17H23N5O5S. The van der Waals surface area contributed by atoms with Crippen LogP contribution in [0.4, 0.5) is 0 Å². The van der Waals surface area contributed by atoms with Gasteiger partial charge in [0.2, 0.25) is 18.2 Å². The molecule has 28 heavy (non-hydrogen) atoms. The summed E-state index contributed by atoms with van der Waals surface area (Å²) in [7, 11) is 0. The van der Waals surface area contributed by atoms with E-state index in [1.807, 2.05) is 6.07 Å². The minimum Gasteiger partial charge on any atom is -0.384 e. The Hall–Kier alpha value is -2.50. The largest absolute Gasteiger partial charge is 0.384 e. The first kappa shape index (κ1) is 20.2. The minimum absolute atomic E-state index is 0.0115. The first-order valence-electron chi connectivity index (χ1n) is 8.88. The van der Waals surface area contributed by atoms with Crippen molar-refractivity contribution >= 4 is 35.4 Å².